The summed E-state index contributed by atoms with van der Waals surface area (Å²) in [5.41, 5.74) is 0. The number of nitrogens with one attached hydrogen (secondary N) is 1. The van der Waals surface area contributed by atoms with Gasteiger partial charge >= 0.3 is 5.82 Å². The molecule has 0 unspecified atom stereocenters. The molecule has 1 aromatic rings. The van der Waals surface area contributed by atoms with Crippen LogP contribution in [0.25, 0.3) is 0 Å². The van der Waals surface area contributed by atoms with Crippen molar-refractivity contribution in [1.29, 1.82) is 0 Å². The predicted octanol–water partition coefficient (Wildman–Crippen LogP) is -0.149. The number of aromatic nitrogens is 3. The zero-order valence-corrected chi connectivity index (χ0v) is 5.39. The van der Waals surface area contributed by atoms with Crippen LogP contribution in [0.2, 0.25) is 0 Å². The zero-order chi connectivity index (χ0) is 6.15. The lowest BCUT2D eigenvalue weighted by Crippen LogP contribution is -2.32. The summed E-state index contributed by atoms with van der Waals surface area (Å²) in [4.78, 5) is 4.12. The van der Waals surface area contributed by atoms with E-state index in [1.54, 1.807) is 0 Å². The largest absolute Gasteiger partial charge is 0.315 e. The first-order chi connectivity index (χ1) is 3.70. The van der Waals surface area contributed by atoms with Gasteiger partial charge < -0.3 is 0 Å². The van der Waals surface area contributed by atoms with E-state index in [9.17, 15) is 0 Å². The molecule has 1 aromatic heterocycles. The summed E-state index contributed by atoms with van der Waals surface area (Å²) >= 11 is 0. The molecule has 0 bridgehead atoms. The van der Waals surface area contributed by atoms with E-state index in [4.69, 9.17) is 0 Å². The maximum absolute atomic E-state index is 4.12. The molecule has 0 aliphatic rings. The Balaban J connectivity index is 3.14. The highest BCUT2D eigenvalue weighted by Crippen LogP contribution is 1.81. The van der Waals surface area contributed by atoms with E-state index in [2.05, 4.69) is 10.1 Å². The van der Waals surface area contributed by atoms with Crippen molar-refractivity contribution < 1.29 is 4.68 Å². The summed E-state index contributed by atoms with van der Waals surface area (Å²) in [6, 6.07) is 0. The van der Waals surface area contributed by atoms with E-state index in [0.29, 0.717) is 0 Å². The van der Waals surface area contributed by atoms with Gasteiger partial charge in [-0.1, -0.05) is 0 Å². The molecule has 3 nitrogen and oxygen atoms in total. The highest BCUT2D eigenvalue weighted by Gasteiger charge is 2.04. The summed E-state index contributed by atoms with van der Waals surface area (Å²) in [5, 5.41) is 3.01. The Morgan fingerprint density at radius 3 is 2.25 bits per heavy atom. The number of hydrogen-bond donors (Lipinski definition) is 1. The minimum atomic E-state index is 0.963. The van der Waals surface area contributed by atoms with Gasteiger partial charge in [0.05, 0.1) is 0 Å². The molecule has 0 radical (unpaired) electrons. The summed E-state index contributed by atoms with van der Waals surface area (Å²) in [5.74, 6) is 1.98. The molecule has 0 aromatic carbocycles. The van der Waals surface area contributed by atoms with Gasteiger partial charge in [0.2, 0.25) is 5.82 Å². The van der Waals surface area contributed by atoms with Crippen LogP contribution in [0.4, 0.5) is 0 Å². The highest BCUT2D eigenvalue weighted by atomic mass is 15.3. The van der Waals surface area contributed by atoms with Crippen LogP contribution < -0.4 is 4.68 Å². The number of nitrogens with zero attached hydrogens (tertiary/aromatic N) is 2. The summed E-state index contributed by atoms with van der Waals surface area (Å²) in [7, 11) is 1.94. The molecule has 0 saturated carbocycles. The number of H-pyrrole nitrogens is 1. The van der Waals surface area contributed by atoms with Crippen LogP contribution in [0.15, 0.2) is 0 Å². The molecule has 1 rings (SSSR count). The van der Waals surface area contributed by atoms with Crippen LogP contribution in [0, 0.1) is 13.8 Å². The SMILES string of the molecule is Cc1nc(C)[n+](C)[nH]1. The second kappa shape index (κ2) is 1.58. The molecule has 8 heavy (non-hydrogen) atoms. The van der Waals surface area contributed by atoms with Crippen LogP contribution in [-0.4, -0.2) is 10.1 Å². The fraction of sp³-hybridized carbons (Fsp3) is 0.600. The van der Waals surface area contributed by atoms with Gasteiger partial charge in [-0.3, -0.25) is 0 Å². The average molecular weight is 112 g/mol. The third-order valence-corrected chi connectivity index (χ3v) is 1.14. The normalized spacial score (nSPS) is 9.88. The predicted molar refractivity (Wildman–Crippen MR) is 29.2 cm³/mol. The van der Waals surface area contributed by atoms with Crippen molar-refractivity contribution >= 4 is 0 Å². The van der Waals surface area contributed by atoms with Crippen molar-refractivity contribution in [1.82, 2.24) is 10.1 Å². The fourth-order valence-electron chi connectivity index (χ4n) is 0.666. The van der Waals surface area contributed by atoms with Crippen LogP contribution in [0.3, 0.4) is 0 Å². The summed E-state index contributed by atoms with van der Waals surface area (Å²) in [6.07, 6.45) is 0. The first-order valence-electron chi connectivity index (χ1n) is 2.59. The van der Waals surface area contributed by atoms with E-state index in [0.717, 1.165) is 11.6 Å². The molecule has 0 fully saturated rings. The number of rotatable bonds is 0. The summed E-state index contributed by atoms with van der Waals surface area (Å²) in [6.45, 7) is 3.90. The molecule has 0 aliphatic heterocycles. The van der Waals surface area contributed by atoms with Gasteiger partial charge in [-0.15, -0.1) is 0 Å². The van der Waals surface area contributed by atoms with Crippen molar-refractivity contribution in [2.24, 2.45) is 7.05 Å². The quantitative estimate of drug-likeness (QED) is 0.465. The lowest BCUT2D eigenvalue weighted by atomic mass is 10.7. The van der Waals surface area contributed by atoms with Gasteiger partial charge in [-0.25, -0.2) is 0 Å². The molecule has 44 valence electrons. The third kappa shape index (κ3) is 0.710. The topological polar surface area (TPSA) is 32.6 Å². The molecule has 0 amide bonds. The smallest absolute Gasteiger partial charge is 0.192 e. The first-order valence-corrected chi connectivity index (χ1v) is 2.59. The van der Waals surface area contributed by atoms with E-state index in [1.807, 2.05) is 25.6 Å². The number of aryl methyl sites for hydroxylation is 3. The maximum Gasteiger partial charge on any atom is 0.315 e. The van der Waals surface area contributed by atoms with Crippen LogP contribution in [-0.2, 0) is 7.05 Å². The Hall–Kier alpha value is -0.860. The van der Waals surface area contributed by atoms with Crippen molar-refractivity contribution in [2.75, 3.05) is 0 Å². The molecule has 1 heterocycles. The maximum atomic E-state index is 4.12. The van der Waals surface area contributed by atoms with E-state index < -0.39 is 0 Å². The molecule has 0 saturated heterocycles. The van der Waals surface area contributed by atoms with Crippen LogP contribution in [0.1, 0.15) is 11.6 Å². The standard InChI is InChI=1S/C5H9N3/c1-4-6-5(2)8(3)7-4/h1-3H3/p+1. The molecular formula is C5H10N3+. The van der Waals surface area contributed by atoms with Gasteiger partial charge in [0.25, 0.3) is 0 Å². The molecule has 0 atom stereocenters. The minimum absolute atomic E-state index is 0.963. The molecule has 3 heteroatoms. The summed E-state index contributed by atoms with van der Waals surface area (Å²) < 4.78 is 1.88. The first kappa shape index (κ1) is 5.28. The molecular weight excluding hydrogens is 102 g/mol. The van der Waals surface area contributed by atoms with E-state index >= 15 is 0 Å². The Labute approximate surface area is 48.4 Å². The van der Waals surface area contributed by atoms with Crippen LogP contribution >= 0.6 is 0 Å². The molecule has 0 spiro atoms. The Morgan fingerprint density at radius 1 is 1.50 bits per heavy atom. The van der Waals surface area contributed by atoms with Gasteiger partial charge in [0.1, 0.15) is 7.05 Å². The Bertz CT molecular complexity index is 170. The van der Waals surface area contributed by atoms with Crippen molar-refractivity contribution in [3.05, 3.63) is 11.6 Å². The molecule has 1 N–H and O–H groups in total. The second-order valence-electron chi connectivity index (χ2n) is 1.92. The highest BCUT2D eigenvalue weighted by molar-refractivity contribution is 4.75. The average Bonchev–Trinajstić information content (AvgIpc) is 1.85. The van der Waals surface area contributed by atoms with Gasteiger partial charge in [0.15, 0.2) is 0 Å². The van der Waals surface area contributed by atoms with Crippen LogP contribution in [0.5, 0.6) is 0 Å². The van der Waals surface area contributed by atoms with Gasteiger partial charge in [-0.05, 0) is 4.98 Å². The second-order valence-corrected chi connectivity index (χ2v) is 1.92. The Kier molecular flexibility index (Phi) is 1.04. The minimum Gasteiger partial charge on any atom is -0.192 e. The van der Waals surface area contributed by atoms with Crippen molar-refractivity contribution in [2.45, 2.75) is 13.8 Å². The monoisotopic (exact) mass is 112 g/mol. The number of aromatic amines is 1. The number of hydrogen-bond acceptors (Lipinski definition) is 1. The van der Waals surface area contributed by atoms with Crippen molar-refractivity contribution in [3.8, 4) is 0 Å². The lowest BCUT2D eigenvalue weighted by Gasteiger charge is -1.76. The van der Waals surface area contributed by atoms with Crippen molar-refractivity contribution in [3.63, 3.8) is 0 Å². The van der Waals surface area contributed by atoms with Gasteiger partial charge in [-0.2, -0.15) is 9.78 Å². The Morgan fingerprint density at radius 2 is 2.12 bits per heavy atom. The third-order valence-electron chi connectivity index (χ3n) is 1.14. The van der Waals surface area contributed by atoms with Gasteiger partial charge in [0, 0.05) is 13.8 Å². The fourth-order valence-corrected chi connectivity index (χ4v) is 0.666. The zero-order valence-electron chi connectivity index (χ0n) is 5.39. The van der Waals surface area contributed by atoms with E-state index in [-0.39, 0.29) is 0 Å². The van der Waals surface area contributed by atoms with E-state index in [1.165, 1.54) is 0 Å². The lowest BCUT2D eigenvalue weighted by molar-refractivity contribution is -0.734. The molecule has 0 aliphatic carbocycles.